The van der Waals surface area contributed by atoms with E-state index in [1.54, 1.807) is 11.2 Å². The van der Waals surface area contributed by atoms with E-state index in [4.69, 9.17) is 11.6 Å². The molecule has 0 saturated heterocycles. The van der Waals surface area contributed by atoms with E-state index in [0.717, 1.165) is 12.0 Å². The van der Waals surface area contributed by atoms with Crippen LogP contribution >= 0.6 is 11.6 Å². The van der Waals surface area contributed by atoms with Crippen molar-refractivity contribution in [1.82, 2.24) is 19.7 Å². The van der Waals surface area contributed by atoms with Gasteiger partial charge in [-0.15, -0.1) is 10.2 Å². The third-order valence-electron chi connectivity index (χ3n) is 5.14. The predicted octanol–water partition coefficient (Wildman–Crippen LogP) is 4.67. The first-order valence-corrected chi connectivity index (χ1v) is 9.01. The lowest BCUT2D eigenvalue weighted by molar-refractivity contribution is -0.138. The van der Waals surface area contributed by atoms with Gasteiger partial charge < -0.3 is 4.90 Å². The average molecular weight is 388 g/mol. The molecule has 0 aliphatic carbocycles. The number of alkyl halides is 3. The summed E-state index contributed by atoms with van der Waals surface area (Å²) in [6, 6.07) is 0. The zero-order chi connectivity index (χ0) is 19.1. The van der Waals surface area contributed by atoms with Crippen LogP contribution in [0.25, 0.3) is 5.70 Å². The first-order valence-electron chi connectivity index (χ1n) is 8.63. The third-order valence-corrected chi connectivity index (χ3v) is 5.49. The van der Waals surface area contributed by atoms with Crippen LogP contribution in [0.15, 0.2) is 28.1 Å². The van der Waals surface area contributed by atoms with Gasteiger partial charge >= 0.3 is 6.18 Å². The van der Waals surface area contributed by atoms with Gasteiger partial charge in [-0.3, -0.25) is 4.57 Å². The number of amidine groups is 1. The van der Waals surface area contributed by atoms with E-state index >= 15 is 0 Å². The Morgan fingerprint density at radius 1 is 1.31 bits per heavy atom. The highest BCUT2D eigenvalue weighted by Crippen LogP contribution is 2.41. The molecule has 1 aromatic rings. The molecule has 1 atom stereocenters. The van der Waals surface area contributed by atoms with Gasteiger partial charge in [0.25, 0.3) is 0 Å². The zero-order valence-electron chi connectivity index (χ0n) is 14.9. The Morgan fingerprint density at radius 2 is 2.04 bits per heavy atom. The van der Waals surface area contributed by atoms with Crippen LogP contribution in [0.4, 0.5) is 13.2 Å². The molecular weight excluding hydrogens is 367 g/mol. The second-order valence-electron chi connectivity index (χ2n) is 6.65. The molecule has 0 saturated carbocycles. The van der Waals surface area contributed by atoms with E-state index in [2.05, 4.69) is 15.2 Å². The van der Waals surface area contributed by atoms with E-state index in [-0.39, 0.29) is 6.54 Å². The number of halogens is 4. The molecule has 142 valence electrons. The minimum absolute atomic E-state index is 0.220. The third kappa shape index (κ3) is 3.15. The largest absolute Gasteiger partial charge is 0.390 e. The van der Waals surface area contributed by atoms with Crippen LogP contribution in [0, 0.1) is 0 Å². The van der Waals surface area contributed by atoms with Crippen LogP contribution in [-0.4, -0.2) is 38.2 Å². The van der Waals surface area contributed by atoms with Gasteiger partial charge in [-0.25, -0.2) is 4.99 Å². The van der Waals surface area contributed by atoms with E-state index in [0.29, 0.717) is 35.4 Å². The summed E-state index contributed by atoms with van der Waals surface area (Å²) in [6.07, 6.45) is 0.186. The molecule has 0 amide bonds. The molecule has 0 spiro atoms. The monoisotopic (exact) mass is 387 g/mol. The van der Waals surface area contributed by atoms with Crippen LogP contribution in [0.5, 0.6) is 0 Å². The highest BCUT2D eigenvalue weighted by molar-refractivity contribution is 6.32. The summed E-state index contributed by atoms with van der Waals surface area (Å²) < 4.78 is 40.7. The zero-order valence-corrected chi connectivity index (χ0v) is 15.7. The smallest absolute Gasteiger partial charge is 0.342 e. The molecule has 0 radical (unpaired) electrons. The van der Waals surface area contributed by atoms with Gasteiger partial charge in [0.05, 0.1) is 17.7 Å². The number of hydrogen-bond donors (Lipinski definition) is 0. The van der Waals surface area contributed by atoms with E-state index < -0.39 is 18.1 Å². The molecule has 0 N–H and O–H groups in total. The number of nitrogens with zero attached hydrogens (tertiary/aromatic N) is 5. The molecule has 1 unspecified atom stereocenters. The fourth-order valence-corrected chi connectivity index (χ4v) is 3.68. The van der Waals surface area contributed by atoms with Gasteiger partial charge in [0, 0.05) is 6.54 Å². The minimum Gasteiger partial charge on any atom is -0.342 e. The molecule has 0 aromatic carbocycles. The number of fused-ring (bicyclic) bond motifs is 3. The fraction of sp³-hybridized carbons (Fsp3) is 0.588. The molecule has 9 heteroatoms. The van der Waals surface area contributed by atoms with Gasteiger partial charge in [-0.05, 0) is 31.8 Å². The van der Waals surface area contributed by atoms with Gasteiger partial charge in [0.2, 0.25) is 0 Å². The Morgan fingerprint density at radius 3 is 2.65 bits per heavy atom. The summed E-state index contributed by atoms with van der Waals surface area (Å²) in [5.74, 6) is 1.06. The van der Waals surface area contributed by atoms with Crippen molar-refractivity contribution >= 4 is 23.1 Å². The predicted molar refractivity (Wildman–Crippen MR) is 94.5 cm³/mol. The van der Waals surface area contributed by atoms with E-state index in [1.807, 2.05) is 31.4 Å². The highest BCUT2D eigenvalue weighted by atomic mass is 35.5. The van der Waals surface area contributed by atoms with Crippen molar-refractivity contribution < 1.29 is 13.2 Å². The Labute approximate surface area is 155 Å². The standard InChI is InChI=1S/C17H21ClF3N5/c1-4-11-6-7-12-14(23-13(11)18)26(9-8-17(19,20)21)16(3,5-2)15-24-22-10-25(12)15/h7,10H,4-6,8-9H2,1-3H3. The summed E-state index contributed by atoms with van der Waals surface area (Å²) in [7, 11) is 0. The van der Waals surface area contributed by atoms with Gasteiger partial charge in [0.1, 0.15) is 11.5 Å². The molecule has 1 aromatic heterocycles. The van der Waals surface area contributed by atoms with Crippen molar-refractivity contribution in [3.05, 3.63) is 29.0 Å². The molecule has 5 nitrogen and oxygen atoms in total. The molecule has 3 rings (SSSR count). The molecule has 0 fully saturated rings. The first-order chi connectivity index (χ1) is 12.2. The lowest BCUT2D eigenvalue weighted by atomic mass is 9.91. The second-order valence-corrected chi connectivity index (χ2v) is 7.00. The van der Waals surface area contributed by atoms with Crippen LogP contribution in [0.1, 0.15) is 52.3 Å². The van der Waals surface area contributed by atoms with Crippen molar-refractivity contribution in [2.75, 3.05) is 6.54 Å². The van der Waals surface area contributed by atoms with E-state index in [1.165, 1.54) is 0 Å². The van der Waals surface area contributed by atoms with Gasteiger partial charge in [-0.1, -0.05) is 31.5 Å². The number of hydrogen-bond acceptors (Lipinski definition) is 4. The Hall–Kier alpha value is -1.83. The SMILES string of the molecule is CCC1=C(Cl)N=C2C(=CC1)n1cnnc1C(C)(CC)N2CCC(F)(F)F. The molecule has 2 aliphatic rings. The molecule has 26 heavy (non-hydrogen) atoms. The maximum Gasteiger partial charge on any atom is 0.390 e. The Bertz CT molecular complexity index is 793. The van der Waals surface area contributed by atoms with Gasteiger partial charge in [0.15, 0.2) is 11.7 Å². The summed E-state index contributed by atoms with van der Waals surface area (Å²) in [5.41, 5.74) is 0.871. The second kappa shape index (κ2) is 6.72. The quantitative estimate of drug-likeness (QED) is 0.705. The van der Waals surface area contributed by atoms with Crippen molar-refractivity contribution in [3.8, 4) is 0 Å². The van der Waals surface area contributed by atoms with Crippen molar-refractivity contribution in [2.24, 2.45) is 4.99 Å². The minimum atomic E-state index is -4.26. The van der Waals surface area contributed by atoms with Crippen molar-refractivity contribution in [3.63, 3.8) is 0 Å². The van der Waals surface area contributed by atoms with Crippen molar-refractivity contribution in [2.45, 2.75) is 58.2 Å². The summed E-state index contributed by atoms with van der Waals surface area (Å²) in [6.45, 7) is 5.54. The molecule has 3 heterocycles. The first kappa shape index (κ1) is 18.9. The average Bonchev–Trinajstić information content (AvgIpc) is 3.00. The highest BCUT2D eigenvalue weighted by Gasteiger charge is 2.46. The number of aromatic nitrogens is 3. The number of allylic oxidation sites excluding steroid dienone is 2. The number of aliphatic imine (C=N–C) groups is 1. The topological polar surface area (TPSA) is 46.3 Å². The van der Waals surface area contributed by atoms with Crippen LogP contribution < -0.4 is 0 Å². The number of rotatable bonds is 4. The van der Waals surface area contributed by atoms with Gasteiger partial charge in [-0.2, -0.15) is 13.2 Å². The van der Waals surface area contributed by atoms with Crippen LogP contribution in [0.3, 0.4) is 0 Å². The van der Waals surface area contributed by atoms with E-state index in [9.17, 15) is 13.2 Å². The van der Waals surface area contributed by atoms with Crippen LogP contribution in [0.2, 0.25) is 0 Å². The normalized spacial score (nSPS) is 23.3. The summed E-state index contributed by atoms with van der Waals surface area (Å²) in [5, 5.41) is 8.54. The fourth-order valence-electron chi connectivity index (χ4n) is 3.39. The molecule has 0 bridgehead atoms. The maximum absolute atomic E-state index is 13.0. The lowest BCUT2D eigenvalue weighted by Gasteiger charge is -2.46. The molecule has 2 aliphatic heterocycles. The molecular formula is C17H21ClF3N5. The maximum atomic E-state index is 13.0. The lowest BCUT2D eigenvalue weighted by Crippen LogP contribution is -2.54. The van der Waals surface area contributed by atoms with Crippen LogP contribution in [-0.2, 0) is 5.54 Å². The Balaban J connectivity index is 2.17. The Kier molecular flexibility index (Phi) is 4.90. The van der Waals surface area contributed by atoms with Crippen molar-refractivity contribution in [1.29, 1.82) is 0 Å². The summed E-state index contributed by atoms with van der Waals surface area (Å²) in [4.78, 5) is 6.21. The summed E-state index contributed by atoms with van der Waals surface area (Å²) >= 11 is 6.37.